The first kappa shape index (κ1) is 16.8. The Bertz CT molecular complexity index is 666. The number of aliphatic carboxylic acids is 1. The van der Waals surface area contributed by atoms with Crippen LogP contribution in [0.3, 0.4) is 0 Å². The molecule has 1 saturated heterocycles. The maximum Gasteiger partial charge on any atom is 0.416 e. The van der Waals surface area contributed by atoms with E-state index in [1.54, 1.807) is 0 Å². The van der Waals surface area contributed by atoms with Gasteiger partial charge in [0.05, 0.1) is 22.5 Å². The molecule has 1 aliphatic heterocycles. The Balaban J connectivity index is 2.28. The number of hydrogen-bond acceptors (Lipinski definition) is 3. The third-order valence-electron chi connectivity index (χ3n) is 4.03. The number of carbonyl (C=O) groups is 1. The first-order valence-electron chi connectivity index (χ1n) is 6.64. The summed E-state index contributed by atoms with van der Waals surface area (Å²) < 4.78 is 61.0. The molecule has 2 rings (SSSR count). The van der Waals surface area contributed by atoms with Crippen molar-refractivity contribution in [2.24, 2.45) is 5.41 Å². The summed E-state index contributed by atoms with van der Waals surface area (Å²) in [5, 5.41) is 9.43. The highest BCUT2D eigenvalue weighted by atomic mass is 32.2. The van der Waals surface area contributed by atoms with Crippen molar-refractivity contribution in [2.75, 3.05) is 11.5 Å². The van der Waals surface area contributed by atoms with Gasteiger partial charge in [-0.05, 0) is 30.9 Å². The van der Waals surface area contributed by atoms with Gasteiger partial charge in [-0.2, -0.15) is 13.2 Å². The third-order valence-corrected chi connectivity index (χ3v) is 5.69. The standard InChI is InChI=1S/C14H15F3O4S/c15-14(16,17)11-3-1-2-10(8-11)9-13(12(18)19)4-6-22(20,21)7-5-13/h1-3,8H,4-7,9H2,(H,18,19). The minimum Gasteiger partial charge on any atom is -0.481 e. The normalized spacial score (nSPS) is 20.5. The molecule has 1 aliphatic rings. The molecule has 1 aromatic carbocycles. The fraction of sp³-hybridized carbons (Fsp3) is 0.500. The summed E-state index contributed by atoms with van der Waals surface area (Å²) in [6.45, 7) is 0. The van der Waals surface area contributed by atoms with Gasteiger partial charge in [-0.25, -0.2) is 8.42 Å². The molecule has 0 bridgehead atoms. The molecular formula is C14H15F3O4S. The Hall–Kier alpha value is -1.57. The van der Waals surface area contributed by atoms with Gasteiger partial charge in [-0.15, -0.1) is 0 Å². The fourth-order valence-corrected chi connectivity index (χ4v) is 4.25. The van der Waals surface area contributed by atoms with Crippen LogP contribution in [0.25, 0.3) is 0 Å². The van der Waals surface area contributed by atoms with Crippen molar-refractivity contribution in [3.8, 4) is 0 Å². The van der Waals surface area contributed by atoms with Gasteiger partial charge >= 0.3 is 12.1 Å². The number of alkyl halides is 3. The molecule has 1 heterocycles. The summed E-state index contributed by atoms with van der Waals surface area (Å²) in [6, 6.07) is 4.51. The van der Waals surface area contributed by atoms with Crippen molar-refractivity contribution < 1.29 is 31.5 Å². The van der Waals surface area contributed by atoms with Crippen LogP contribution < -0.4 is 0 Å². The number of sulfone groups is 1. The van der Waals surface area contributed by atoms with E-state index in [1.165, 1.54) is 12.1 Å². The summed E-state index contributed by atoms with van der Waals surface area (Å²) in [5.41, 5.74) is -1.92. The van der Waals surface area contributed by atoms with Gasteiger partial charge in [-0.3, -0.25) is 4.79 Å². The molecule has 0 amide bonds. The van der Waals surface area contributed by atoms with E-state index in [0.717, 1.165) is 12.1 Å². The first-order chi connectivity index (χ1) is 10.0. The van der Waals surface area contributed by atoms with Crippen molar-refractivity contribution in [3.63, 3.8) is 0 Å². The molecule has 8 heteroatoms. The third kappa shape index (κ3) is 3.60. The lowest BCUT2D eigenvalue weighted by Gasteiger charge is -2.33. The van der Waals surface area contributed by atoms with Crippen molar-refractivity contribution in [3.05, 3.63) is 35.4 Å². The lowest BCUT2D eigenvalue weighted by molar-refractivity contribution is -0.149. The molecule has 1 aromatic rings. The molecule has 0 atom stereocenters. The molecule has 0 saturated carbocycles. The molecular weight excluding hydrogens is 321 g/mol. The number of benzene rings is 1. The van der Waals surface area contributed by atoms with E-state index in [0.29, 0.717) is 0 Å². The van der Waals surface area contributed by atoms with Gasteiger partial charge < -0.3 is 5.11 Å². The van der Waals surface area contributed by atoms with Gasteiger partial charge in [0.2, 0.25) is 0 Å². The van der Waals surface area contributed by atoms with Crippen LogP contribution in [-0.2, 0) is 27.2 Å². The van der Waals surface area contributed by atoms with E-state index >= 15 is 0 Å². The van der Waals surface area contributed by atoms with E-state index in [9.17, 15) is 31.5 Å². The molecule has 0 spiro atoms. The Morgan fingerprint density at radius 1 is 1.23 bits per heavy atom. The van der Waals surface area contributed by atoms with Crippen molar-refractivity contribution in [2.45, 2.75) is 25.4 Å². The smallest absolute Gasteiger partial charge is 0.416 e. The second-order valence-electron chi connectivity index (χ2n) is 5.61. The quantitative estimate of drug-likeness (QED) is 0.921. The number of hydrogen-bond donors (Lipinski definition) is 1. The van der Waals surface area contributed by atoms with Crippen LogP contribution >= 0.6 is 0 Å². The van der Waals surface area contributed by atoms with Gasteiger partial charge in [0.25, 0.3) is 0 Å². The largest absolute Gasteiger partial charge is 0.481 e. The van der Waals surface area contributed by atoms with E-state index in [1.807, 2.05) is 0 Å². The second kappa shape index (κ2) is 5.57. The predicted molar refractivity (Wildman–Crippen MR) is 73.1 cm³/mol. The van der Waals surface area contributed by atoms with Crippen molar-refractivity contribution in [1.29, 1.82) is 0 Å². The minimum absolute atomic E-state index is 0.0824. The lowest BCUT2D eigenvalue weighted by atomic mass is 9.76. The van der Waals surface area contributed by atoms with Crippen LogP contribution in [0.5, 0.6) is 0 Å². The van der Waals surface area contributed by atoms with E-state index in [4.69, 9.17) is 0 Å². The summed E-state index contributed by atoms with van der Waals surface area (Å²) in [7, 11) is -3.25. The number of carboxylic acid groups (broad SMARTS) is 1. The Morgan fingerprint density at radius 3 is 2.32 bits per heavy atom. The fourth-order valence-electron chi connectivity index (χ4n) is 2.64. The average Bonchev–Trinajstić information content (AvgIpc) is 2.41. The molecule has 0 aliphatic carbocycles. The summed E-state index contributed by atoms with van der Waals surface area (Å²) in [5.74, 6) is -1.67. The minimum atomic E-state index is -4.50. The zero-order valence-electron chi connectivity index (χ0n) is 11.6. The van der Waals surface area contributed by atoms with Crippen molar-refractivity contribution >= 4 is 15.8 Å². The summed E-state index contributed by atoms with van der Waals surface area (Å²) in [4.78, 5) is 11.6. The van der Waals surface area contributed by atoms with Gasteiger partial charge in [0.15, 0.2) is 0 Å². The van der Waals surface area contributed by atoms with Gasteiger partial charge in [-0.1, -0.05) is 18.2 Å². The summed E-state index contributed by atoms with van der Waals surface area (Å²) in [6.07, 6.45) is -4.77. The lowest BCUT2D eigenvalue weighted by Crippen LogP contribution is -2.41. The van der Waals surface area contributed by atoms with E-state index in [2.05, 4.69) is 0 Å². The summed E-state index contributed by atoms with van der Waals surface area (Å²) >= 11 is 0. The maximum absolute atomic E-state index is 12.7. The van der Waals surface area contributed by atoms with Crippen LogP contribution in [0.1, 0.15) is 24.0 Å². The molecule has 122 valence electrons. The highest BCUT2D eigenvalue weighted by molar-refractivity contribution is 7.91. The zero-order valence-corrected chi connectivity index (χ0v) is 12.4. The predicted octanol–water partition coefficient (Wildman–Crippen LogP) is 2.53. The highest BCUT2D eigenvalue weighted by Gasteiger charge is 2.44. The molecule has 1 fully saturated rings. The number of carboxylic acids is 1. The highest BCUT2D eigenvalue weighted by Crippen LogP contribution is 2.38. The van der Waals surface area contributed by atoms with Gasteiger partial charge in [0.1, 0.15) is 9.84 Å². The number of rotatable bonds is 3. The van der Waals surface area contributed by atoms with Crippen molar-refractivity contribution in [1.82, 2.24) is 0 Å². The average molecular weight is 336 g/mol. The van der Waals surface area contributed by atoms with E-state index < -0.39 is 33.0 Å². The zero-order chi connectivity index (χ0) is 16.6. The molecule has 0 radical (unpaired) electrons. The maximum atomic E-state index is 12.7. The Morgan fingerprint density at radius 2 is 1.82 bits per heavy atom. The Kier molecular flexibility index (Phi) is 4.25. The SMILES string of the molecule is O=C(O)C1(Cc2cccc(C(F)(F)F)c2)CCS(=O)(=O)CC1. The van der Waals surface area contributed by atoms with Crippen LogP contribution in [0, 0.1) is 5.41 Å². The van der Waals surface area contributed by atoms with Crippen LogP contribution in [0.15, 0.2) is 24.3 Å². The molecule has 22 heavy (non-hydrogen) atoms. The monoisotopic (exact) mass is 336 g/mol. The Labute approximate surface area is 125 Å². The molecule has 0 aromatic heterocycles. The van der Waals surface area contributed by atoms with Crippen LogP contribution in [-0.4, -0.2) is 31.0 Å². The van der Waals surface area contributed by atoms with E-state index in [-0.39, 0.29) is 36.3 Å². The van der Waals surface area contributed by atoms with Crippen LogP contribution in [0.4, 0.5) is 13.2 Å². The second-order valence-corrected chi connectivity index (χ2v) is 7.92. The first-order valence-corrected chi connectivity index (χ1v) is 8.46. The van der Waals surface area contributed by atoms with Gasteiger partial charge in [0, 0.05) is 0 Å². The number of halogens is 3. The molecule has 0 unspecified atom stereocenters. The molecule has 1 N–H and O–H groups in total. The van der Waals surface area contributed by atoms with Crippen LogP contribution in [0.2, 0.25) is 0 Å². The molecule has 4 nitrogen and oxygen atoms in total. The topological polar surface area (TPSA) is 71.4 Å².